The average Bonchev–Trinajstić information content (AvgIpc) is 2.36. The van der Waals surface area contributed by atoms with Gasteiger partial charge < -0.3 is 10.4 Å². The van der Waals surface area contributed by atoms with Crippen molar-refractivity contribution in [1.82, 2.24) is 10.3 Å². The summed E-state index contributed by atoms with van der Waals surface area (Å²) in [5.41, 5.74) is 1.09. The first kappa shape index (κ1) is 12.9. The third-order valence-corrected chi connectivity index (χ3v) is 2.49. The van der Waals surface area contributed by atoms with E-state index in [9.17, 15) is 14.0 Å². The first-order chi connectivity index (χ1) is 9.04. The number of carboxylic acids is 1. The molecule has 0 unspecified atom stereocenters. The van der Waals surface area contributed by atoms with E-state index in [-0.39, 0.29) is 12.2 Å². The van der Waals surface area contributed by atoms with Gasteiger partial charge in [0.1, 0.15) is 12.4 Å². The monoisotopic (exact) mass is 262 g/mol. The smallest absolute Gasteiger partial charge is 0.322 e. The number of pyridine rings is 1. The lowest BCUT2D eigenvalue weighted by Gasteiger charge is -2.04. The largest absolute Gasteiger partial charge is 0.480 e. The number of fused-ring (bicyclic) bond motifs is 1. The Kier molecular flexibility index (Phi) is 3.70. The van der Waals surface area contributed by atoms with Crippen molar-refractivity contribution >= 4 is 22.8 Å². The number of hydrogen-bond acceptors (Lipinski definition) is 3. The van der Waals surface area contributed by atoms with Gasteiger partial charge in [-0.2, -0.15) is 0 Å². The molecule has 1 amide bonds. The molecular weight excluding hydrogens is 251 g/mol. The second-order valence-electron chi connectivity index (χ2n) is 3.99. The number of amides is 1. The van der Waals surface area contributed by atoms with Crippen LogP contribution in [-0.4, -0.2) is 28.5 Å². The van der Waals surface area contributed by atoms with Gasteiger partial charge in [-0.3, -0.25) is 14.6 Å². The topological polar surface area (TPSA) is 79.3 Å². The Morgan fingerprint density at radius 2 is 2.05 bits per heavy atom. The van der Waals surface area contributed by atoms with Crippen LogP contribution in [0, 0.1) is 5.82 Å². The molecule has 0 spiro atoms. The number of carbonyl (C=O) groups is 2. The Morgan fingerprint density at radius 3 is 2.79 bits per heavy atom. The van der Waals surface area contributed by atoms with Crippen LogP contribution in [-0.2, 0) is 16.0 Å². The molecule has 0 atom stereocenters. The Morgan fingerprint density at radius 1 is 1.26 bits per heavy atom. The lowest BCUT2D eigenvalue weighted by Crippen LogP contribution is -2.30. The van der Waals surface area contributed by atoms with Crippen molar-refractivity contribution in [3.8, 4) is 0 Å². The molecule has 0 saturated heterocycles. The molecule has 0 fully saturated rings. The molecule has 0 aliphatic carbocycles. The molecule has 0 bridgehead atoms. The summed E-state index contributed by atoms with van der Waals surface area (Å²) >= 11 is 0. The third kappa shape index (κ3) is 3.48. The summed E-state index contributed by atoms with van der Waals surface area (Å²) in [7, 11) is 0. The minimum absolute atomic E-state index is 0.0133. The van der Waals surface area contributed by atoms with Gasteiger partial charge in [0, 0.05) is 5.39 Å². The standard InChI is InChI=1S/C13H11FN2O3/c14-9-2-4-11-8(5-9)1-3-10(16-11)6-12(17)15-7-13(18)19/h1-5H,6-7H2,(H,15,17)(H,18,19). The number of nitrogens with one attached hydrogen (secondary N) is 1. The predicted octanol–water partition coefficient (Wildman–Crippen LogP) is 1.12. The van der Waals surface area contributed by atoms with E-state index in [0.717, 1.165) is 0 Å². The molecule has 2 rings (SSSR count). The first-order valence-electron chi connectivity index (χ1n) is 5.58. The van der Waals surface area contributed by atoms with Crippen LogP contribution in [0.1, 0.15) is 5.69 Å². The molecule has 1 aromatic carbocycles. The maximum atomic E-state index is 13.0. The van der Waals surface area contributed by atoms with Crippen molar-refractivity contribution < 1.29 is 19.1 Å². The molecule has 1 heterocycles. The zero-order valence-electron chi connectivity index (χ0n) is 9.89. The van der Waals surface area contributed by atoms with E-state index in [2.05, 4.69) is 10.3 Å². The van der Waals surface area contributed by atoms with Gasteiger partial charge in [-0.15, -0.1) is 0 Å². The summed E-state index contributed by atoms with van der Waals surface area (Å²) in [4.78, 5) is 25.9. The lowest BCUT2D eigenvalue weighted by atomic mass is 10.1. The van der Waals surface area contributed by atoms with Crippen LogP contribution in [0.4, 0.5) is 4.39 Å². The van der Waals surface area contributed by atoms with Crippen LogP contribution < -0.4 is 5.32 Å². The van der Waals surface area contributed by atoms with Gasteiger partial charge in [-0.1, -0.05) is 6.07 Å². The highest BCUT2D eigenvalue weighted by atomic mass is 19.1. The zero-order valence-corrected chi connectivity index (χ0v) is 9.89. The lowest BCUT2D eigenvalue weighted by molar-refractivity contribution is -0.137. The SMILES string of the molecule is O=C(O)CNC(=O)Cc1ccc2cc(F)ccc2n1. The van der Waals surface area contributed by atoms with Crippen molar-refractivity contribution in [3.63, 3.8) is 0 Å². The summed E-state index contributed by atoms with van der Waals surface area (Å²) in [6, 6.07) is 7.47. The molecule has 2 N–H and O–H groups in total. The van der Waals surface area contributed by atoms with Crippen molar-refractivity contribution in [2.45, 2.75) is 6.42 Å². The van der Waals surface area contributed by atoms with E-state index in [0.29, 0.717) is 16.6 Å². The number of carbonyl (C=O) groups excluding carboxylic acids is 1. The molecule has 98 valence electrons. The van der Waals surface area contributed by atoms with Gasteiger partial charge in [0.2, 0.25) is 5.91 Å². The van der Waals surface area contributed by atoms with Crippen molar-refractivity contribution in [2.75, 3.05) is 6.54 Å². The van der Waals surface area contributed by atoms with Gasteiger partial charge >= 0.3 is 5.97 Å². The number of rotatable bonds is 4. The summed E-state index contributed by atoms with van der Waals surface area (Å²) < 4.78 is 13.0. The second kappa shape index (κ2) is 5.43. The molecule has 0 saturated carbocycles. The van der Waals surface area contributed by atoms with Gasteiger partial charge in [0.05, 0.1) is 17.6 Å². The van der Waals surface area contributed by atoms with Crippen molar-refractivity contribution in [2.24, 2.45) is 0 Å². The van der Waals surface area contributed by atoms with Gasteiger partial charge in [0.25, 0.3) is 0 Å². The van der Waals surface area contributed by atoms with E-state index >= 15 is 0 Å². The minimum atomic E-state index is -1.10. The van der Waals surface area contributed by atoms with Crippen LogP contribution in [0.5, 0.6) is 0 Å². The third-order valence-electron chi connectivity index (χ3n) is 2.49. The summed E-state index contributed by atoms with van der Waals surface area (Å²) in [5, 5.41) is 11.3. The molecule has 1 aromatic heterocycles. The molecule has 0 aliphatic heterocycles. The van der Waals surface area contributed by atoms with E-state index < -0.39 is 18.4 Å². The number of aliphatic carboxylic acids is 1. The molecule has 5 nitrogen and oxygen atoms in total. The highest BCUT2D eigenvalue weighted by Crippen LogP contribution is 2.14. The van der Waals surface area contributed by atoms with Crippen molar-refractivity contribution in [3.05, 3.63) is 41.8 Å². The number of nitrogens with zero attached hydrogens (tertiary/aromatic N) is 1. The summed E-state index contributed by atoms with van der Waals surface area (Å²) in [6.07, 6.45) is -0.0133. The van der Waals surface area contributed by atoms with Crippen LogP contribution in [0.25, 0.3) is 10.9 Å². The van der Waals surface area contributed by atoms with Crippen LogP contribution in [0.2, 0.25) is 0 Å². The van der Waals surface area contributed by atoms with Gasteiger partial charge in [-0.25, -0.2) is 4.39 Å². The molecular formula is C13H11FN2O3. The summed E-state index contributed by atoms with van der Waals surface area (Å²) in [6.45, 7) is -0.419. The van der Waals surface area contributed by atoms with Crippen LogP contribution in [0.3, 0.4) is 0 Å². The molecule has 6 heteroatoms. The molecule has 2 aromatic rings. The van der Waals surface area contributed by atoms with Crippen molar-refractivity contribution in [1.29, 1.82) is 0 Å². The van der Waals surface area contributed by atoms with E-state index in [1.54, 1.807) is 12.1 Å². The number of carboxylic acid groups (broad SMARTS) is 1. The maximum absolute atomic E-state index is 13.0. The predicted molar refractivity (Wildman–Crippen MR) is 66.1 cm³/mol. The Hall–Kier alpha value is -2.50. The second-order valence-corrected chi connectivity index (χ2v) is 3.99. The highest BCUT2D eigenvalue weighted by molar-refractivity contribution is 5.84. The van der Waals surface area contributed by atoms with E-state index in [1.807, 2.05) is 0 Å². The number of hydrogen-bond donors (Lipinski definition) is 2. The van der Waals surface area contributed by atoms with Gasteiger partial charge in [0.15, 0.2) is 0 Å². The van der Waals surface area contributed by atoms with Crippen LogP contribution in [0.15, 0.2) is 30.3 Å². The van der Waals surface area contributed by atoms with E-state index in [4.69, 9.17) is 5.11 Å². The average molecular weight is 262 g/mol. The fraction of sp³-hybridized carbons (Fsp3) is 0.154. The Labute approximate surface area is 108 Å². The molecule has 0 radical (unpaired) electrons. The molecule has 19 heavy (non-hydrogen) atoms. The number of halogens is 1. The van der Waals surface area contributed by atoms with E-state index in [1.165, 1.54) is 18.2 Å². The van der Waals surface area contributed by atoms with Gasteiger partial charge in [-0.05, 0) is 24.3 Å². The fourth-order valence-corrected chi connectivity index (χ4v) is 1.64. The first-order valence-corrected chi connectivity index (χ1v) is 5.58. The summed E-state index contributed by atoms with van der Waals surface area (Å²) in [5.74, 6) is -1.87. The number of aromatic nitrogens is 1. The molecule has 0 aliphatic rings. The highest BCUT2D eigenvalue weighted by Gasteiger charge is 2.07. The zero-order chi connectivity index (χ0) is 13.8. The minimum Gasteiger partial charge on any atom is -0.480 e. The Balaban J connectivity index is 2.11. The fourth-order valence-electron chi connectivity index (χ4n) is 1.64. The van der Waals surface area contributed by atoms with Crippen LogP contribution >= 0.6 is 0 Å². The maximum Gasteiger partial charge on any atom is 0.322 e. The quantitative estimate of drug-likeness (QED) is 0.865. The number of benzene rings is 1. The Bertz CT molecular complexity index is 643. The normalized spacial score (nSPS) is 10.4.